The summed E-state index contributed by atoms with van der Waals surface area (Å²) in [7, 11) is 0. The van der Waals surface area contributed by atoms with Crippen molar-refractivity contribution in [2.75, 3.05) is 17.7 Å². The number of hydrogen-bond acceptors (Lipinski definition) is 3. The second-order valence-electron chi connectivity index (χ2n) is 4.21. The Morgan fingerprint density at radius 3 is 2.79 bits per heavy atom. The molecule has 0 aliphatic heterocycles. The van der Waals surface area contributed by atoms with Crippen LogP contribution in [0.5, 0.6) is 5.75 Å². The van der Waals surface area contributed by atoms with Crippen LogP contribution in [-0.2, 0) is 6.54 Å². The van der Waals surface area contributed by atoms with Crippen LogP contribution < -0.4 is 15.8 Å². The lowest BCUT2D eigenvalue weighted by Gasteiger charge is -2.10. The predicted octanol–water partition coefficient (Wildman–Crippen LogP) is 3.42. The molecule has 2 rings (SSSR count). The van der Waals surface area contributed by atoms with Crippen LogP contribution in [0.4, 0.5) is 15.8 Å². The Morgan fingerprint density at radius 2 is 2.05 bits per heavy atom. The highest BCUT2D eigenvalue weighted by Crippen LogP contribution is 2.23. The Morgan fingerprint density at radius 1 is 1.21 bits per heavy atom. The average molecular weight is 260 g/mol. The molecule has 19 heavy (non-hydrogen) atoms. The molecule has 0 saturated carbocycles. The fourth-order valence-corrected chi connectivity index (χ4v) is 1.83. The fourth-order valence-electron chi connectivity index (χ4n) is 1.83. The van der Waals surface area contributed by atoms with Crippen LogP contribution in [0.3, 0.4) is 0 Å². The molecule has 0 amide bonds. The summed E-state index contributed by atoms with van der Waals surface area (Å²) in [6.07, 6.45) is 0. The van der Waals surface area contributed by atoms with E-state index in [0.29, 0.717) is 18.8 Å². The number of rotatable bonds is 5. The molecule has 0 atom stereocenters. The Hall–Kier alpha value is -2.23. The van der Waals surface area contributed by atoms with Crippen LogP contribution in [-0.4, -0.2) is 6.61 Å². The van der Waals surface area contributed by atoms with Gasteiger partial charge in [0.15, 0.2) is 0 Å². The molecule has 3 N–H and O–H groups in total. The summed E-state index contributed by atoms with van der Waals surface area (Å²) < 4.78 is 18.5. The van der Waals surface area contributed by atoms with E-state index in [1.807, 2.05) is 25.1 Å². The molecular formula is C15H17FN2O. The van der Waals surface area contributed by atoms with Crippen molar-refractivity contribution in [3.05, 3.63) is 53.8 Å². The summed E-state index contributed by atoms with van der Waals surface area (Å²) in [5, 5.41) is 3.20. The van der Waals surface area contributed by atoms with E-state index in [9.17, 15) is 4.39 Å². The van der Waals surface area contributed by atoms with Crippen molar-refractivity contribution in [1.29, 1.82) is 0 Å². The lowest BCUT2D eigenvalue weighted by Crippen LogP contribution is -2.01. The second kappa shape index (κ2) is 6.09. The van der Waals surface area contributed by atoms with E-state index >= 15 is 0 Å². The first-order valence-corrected chi connectivity index (χ1v) is 6.19. The normalized spacial score (nSPS) is 10.2. The summed E-state index contributed by atoms with van der Waals surface area (Å²) in [5.41, 5.74) is 8.16. The number of halogens is 1. The van der Waals surface area contributed by atoms with E-state index < -0.39 is 0 Å². The summed E-state index contributed by atoms with van der Waals surface area (Å²) in [6, 6.07) is 12.0. The number of ether oxygens (including phenoxy) is 1. The molecule has 0 saturated heterocycles. The lowest BCUT2D eigenvalue weighted by atomic mass is 10.2. The molecular weight excluding hydrogens is 243 g/mol. The largest absolute Gasteiger partial charge is 0.494 e. The third-order valence-electron chi connectivity index (χ3n) is 2.63. The average Bonchev–Trinajstić information content (AvgIpc) is 2.36. The summed E-state index contributed by atoms with van der Waals surface area (Å²) in [4.78, 5) is 0. The minimum atomic E-state index is -0.234. The van der Waals surface area contributed by atoms with E-state index in [-0.39, 0.29) is 5.82 Å². The summed E-state index contributed by atoms with van der Waals surface area (Å²) >= 11 is 0. The summed E-state index contributed by atoms with van der Waals surface area (Å²) in [5.74, 6) is 0.492. The number of anilines is 2. The van der Waals surface area contributed by atoms with Gasteiger partial charge in [-0.3, -0.25) is 0 Å². The lowest BCUT2D eigenvalue weighted by molar-refractivity contribution is 0.340. The van der Waals surface area contributed by atoms with Gasteiger partial charge in [-0.2, -0.15) is 0 Å². The van der Waals surface area contributed by atoms with Gasteiger partial charge in [0.1, 0.15) is 11.6 Å². The van der Waals surface area contributed by atoms with Crippen LogP contribution in [0.25, 0.3) is 0 Å². The Bertz CT molecular complexity index is 558. The first-order valence-electron chi connectivity index (χ1n) is 6.19. The van der Waals surface area contributed by atoms with E-state index in [4.69, 9.17) is 10.5 Å². The highest BCUT2D eigenvalue weighted by atomic mass is 19.1. The first kappa shape index (κ1) is 13.2. The Kier molecular flexibility index (Phi) is 4.23. The molecule has 0 heterocycles. The molecule has 2 aromatic carbocycles. The Labute approximate surface area is 112 Å². The zero-order valence-corrected chi connectivity index (χ0v) is 10.8. The smallest absolute Gasteiger partial charge is 0.123 e. The molecule has 0 aromatic heterocycles. The molecule has 0 aliphatic carbocycles. The van der Waals surface area contributed by atoms with Gasteiger partial charge in [-0.25, -0.2) is 4.39 Å². The number of nitrogen functional groups attached to an aromatic ring is 1. The number of nitrogens with two attached hydrogens (primary N) is 1. The van der Waals surface area contributed by atoms with Crippen LogP contribution >= 0.6 is 0 Å². The van der Waals surface area contributed by atoms with Crippen molar-refractivity contribution >= 4 is 11.4 Å². The standard InChI is InChI=1S/C15H17FN2O/c1-2-19-15-8-13(17)7-14(9-15)18-10-11-4-3-5-12(16)6-11/h3-9,18H,2,10,17H2,1H3. The van der Waals surface area contributed by atoms with Crippen molar-refractivity contribution in [3.63, 3.8) is 0 Å². The van der Waals surface area contributed by atoms with Crippen LogP contribution in [0.2, 0.25) is 0 Å². The third kappa shape index (κ3) is 3.88. The third-order valence-corrected chi connectivity index (χ3v) is 2.63. The monoisotopic (exact) mass is 260 g/mol. The minimum Gasteiger partial charge on any atom is -0.494 e. The van der Waals surface area contributed by atoms with Crippen molar-refractivity contribution in [2.45, 2.75) is 13.5 Å². The van der Waals surface area contributed by atoms with Gasteiger partial charge in [-0.15, -0.1) is 0 Å². The van der Waals surface area contributed by atoms with Crippen LogP contribution in [0, 0.1) is 5.82 Å². The SMILES string of the molecule is CCOc1cc(N)cc(NCc2cccc(F)c2)c1. The molecule has 0 aliphatic rings. The van der Waals surface area contributed by atoms with Crippen molar-refractivity contribution in [3.8, 4) is 5.75 Å². The summed E-state index contributed by atoms with van der Waals surface area (Å²) in [6.45, 7) is 3.04. The van der Waals surface area contributed by atoms with E-state index in [1.54, 1.807) is 12.1 Å². The fraction of sp³-hybridized carbons (Fsp3) is 0.200. The topological polar surface area (TPSA) is 47.3 Å². The zero-order chi connectivity index (χ0) is 13.7. The first-order chi connectivity index (χ1) is 9.17. The zero-order valence-electron chi connectivity index (χ0n) is 10.8. The van der Waals surface area contributed by atoms with Gasteiger partial charge in [0, 0.05) is 30.1 Å². The molecule has 100 valence electrons. The quantitative estimate of drug-likeness (QED) is 0.810. The molecule has 2 aromatic rings. The van der Waals surface area contributed by atoms with Crippen molar-refractivity contribution < 1.29 is 9.13 Å². The molecule has 4 heteroatoms. The van der Waals surface area contributed by atoms with Crippen LogP contribution in [0.1, 0.15) is 12.5 Å². The highest BCUT2D eigenvalue weighted by molar-refractivity contribution is 5.59. The number of benzene rings is 2. The van der Waals surface area contributed by atoms with Gasteiger partial charge < -0.3 is 15.8 Å². The van der Waals surface area contributed by atoms with E-state index in [1.165, 1.54) is 12.1 Å². The molecule has 0 bridgehead atoms. The highest BCUT2D eigenvalue weighted by Gasteiger charge is 2.00. The molecule has 0 spiro atoms. The van der Waals surface area contributed by atoms with Gasteiger partial charge in [0.25, 0.3) is 0 Å². The maximum absolute atomic E-state index is 13.1. The molecule has 0 fully saturated rings. The maximum Gasteiger partial charge on any atom is 0.123 e. The van der Waals surface area contributed by atoms with Gasteiger partial charge in [0.05, 0.1) is 6.61 Å². The van der Waals surface area contributed by atoms with E-state index in [0.717, 1.165) is 17.0 Å². The molecule has 0 radical (unpaired) electrons. The van der Waals surface area contributed by atoms with Crippen LogP contribution in [0.15, 0.2) is 42.5 Å². The van der Waals surface area contributed by atoms with Gasteiger partial charge in [-0.1, -0.05) is 12.1 Å². The number of hydrogen-bond donors (Lipinski definition) is 2. The molecule has 0 unspecified atom stereocenters. The Balaban J connectivity index is 2.06. The minimum absolute atomic E-state index is 0.234. The van der Waals surface area contributed by atoms with Gasteiger partial charge in [-0.05, 0) is 30.7 Å². The molecule has 3 nitrogen and oxygen atoms in total. The maximum atomic E-state index is 13.1. The van der Waals surface area contributed by atoms with Crippen molar-refractivity contribution in [1.82, 2.24) is 0 Å². The predicted molar refractivity (Wildman–Crippen MR) is 75.8 cm³/mol. The van der Waals surface area contributed by atoms with Crippen molar-refractivity contribution in [2.24, 2.45) is 0 Å². The second-order valence-corrected chi connectivity index (χ2v) is 4.21. The number of nitrogens with one attached hydrogen (secondary N) is 1. The van der Waals surface area contributed by atoms with E-state index in [2.05, 4.69) is 5.32 Å². The van der Waals surface area contributed by atoms with Gasteiger partial charge in [0.2, 0.25) is 0 Å². The van der Waals surface area contributed by atoms with Gasteiger partial charge >= 0.3 is 0 Å².